The molecule has 0 atom stereocenters. The molecule has 0 saturated carbocycles. The number of rotatable bonds is 1. The second-order valence-corrected chi connectivity index (χ2v) is 11.7. The first-order valence-corrected chi connectivity index (χ1v) is 9.02. The summed E-state index contributed by atoms with van der Waals surface area (Å²) in [6.45, 7) is 10.1. The lowest BCUT2D eigenvalue weighted by molar-refractivity contribution is 0.587. The van der Waals surface area contributed by atoms with Crippen LogP contribution in [0, 0.1) is 11.6 Å². The van der Waals surface area contributed by atoms with Crippen LogP contribution in [-0.2, 0) is 0 Å². The van der Waals surface area contributed by atoms with Gasteiger partial charge in [-0.25, -0.2) is 8.78 Å². The highest BCUT2D eigenvalue weighted by atomic mass is 79.9. The van der Waals surface area contributed by atoms with Crippen LogP contribution in [0.25, 0.3) is 0 Å². The average molecular weight is 307 g/mol. The van der Waals surface area contributed by atoms with Crippen molar-refractivity contribution < 1.29 is 8.78 Å². The fourth-order valence-corrected chi connectivity index (χ4v) is 4.10. The largest absolute Gasteiger partial charge is 0.207 e. The SMILES string of the molecule is CC(C)(C)[Si](C)(C)c1c(F)ccc(Br)c1F. The van der Waals surface area contributed by atoms with Crippen LogP contribution in [-0.4, -0.2) is 8.07 Å². The Morgan fingerprint density at radius 1 is 1.12 bits per heavy atom. The third-order valence-electron chi connectivity index (χ3n) is 3.54. The molecule has 0 nitrogen and oxygen atoms in total. The van der Waals surface area contributed by atoms with Crippen molar-refractivity contribution in [3.63, 3.8) is 0 Å². The Balaban J connectivity index is 3.50. The molecule has 1 aromatic rings. The van der Waals surface area contributed by atoms with Gasteiger partial charge in [-0.3, -0.25) is 0 Å². The van der Waals surface area contributed by atoms with Gasteiger partial charge in [0.1, 0.15) is 11.6 Å². The molecular formula is C12H17BrF2Si. The summed E-state index contributed by atoms with van der Waals surface area (Å²) < 4.78 is 28.2. The zero-order chi connectivity index (χ0) is 12.7. The summed E-state index contributed by atoms with van der Waals surface area (Å²) in [6.07, 6.45) is 0. The van der Waals surface area contributed by atoms with E-state index in [0.717, 1.165) is 0 Å². The molecule has 0 radical (unpaired) electrons. The van der Waals surface area contributed by atoms with Crippen LogP contribution in [0.3, 0.4) is 0 Å². The molecule has 0 aromatic heterocycles. The highest BCUT2D eigenvalue weighted by Gasteiger charge is 2.41. The molecule has 0 aliphatic rings. The second kappa shape index (κ2) is 4.22. The third kappa shape index (κ3) is 2.23. The Bertz CT molecular complexity index is 408. The van der Waals surface area contributed by atoms with Crippen LogP contribution in [0.4, 0.5) is 8.78 Å². The first-order valence-electron chi connectivity index (χ1n) is 5.23. The van der Waals surface area contributed by atoms with E-state index < -0.39 is 19.7 Å². The normalized spacial score (nSPS) is 13.0. The van der Waals surface area contributed by atoms with Gasteiger partial charge in [0.25, 0.3) is 0 Å². The van der Waals surface area contributed by atoms with E-state index in [0.29, 0.717) is 4.47 Å². The Hall–Kier alpha value is -0.223. The van der Waals surface area contributed by atoms with Gasteiger partial charge in [0.05, 0.1) is 12.5 Å². The van der Waals surface area contributed by atoms with Gasteiger partial charge in [-0.2, -0.15) is 0 Å². The number of benzene rings is 1. The van der Waals surface area contributed by atoms with Gasteiger partial charge in [-0.1, -0.05) is 33.9 Å². The second-order valence-electron chi connectivity index (χ2n) is 5.59. The third-order valence-corrected chi connectivity index (χ3v) is 9.61. The van der Waals surface area contributed by atoms with Gasteiger partial charge < -0.3 is 0 Å². The van der Waals surface area contributed by atoms with Crippen molar-refractivity contribution in [3.8, 4) is 0 Å². The molecule has 0 heterocycles. The molecule has 16 heavy (non-hydrogen) atoms. The van der Waals surface area contributed by atoms with Crippen LogP contribution in [0.15, 0.2) is 16.6 Å². The van der Waals surface area contributed by atoms with Gasteiger partial charge in [0.2, 0.25) is 0 Å². The van der Waals surface area contributed by atoms with Crippen LogP contribution in [0.5, 0.6) is 0 Å². The molecule has 0 aliphatic heterocycles. The number of hydrogen-bond donors (Lipinski definition) is 0. The van der Waals surface area contributed by atoms with E-state index in [4.69, 9.17) is 0 Å². The Morgan fingerprint density at radius 3 is 2.06 bits per heavy atom. The molecule has 1 rings (SSSR count). The molecule has 1 aromatic carbocycles. The van der Waals surface area contributed by atoms with Crippen molar-refractivity contribution in [2.24, 2.45) is 0 Å². The number of halogens is 3. The molecule has 0 amide bonds. The molecule has 90 valence electrons. The lowest BCUT2D eigenvalue weighted by Crippen LogP contribution is -2.52. The van der Waals surface area contributed by atoms with Crippen molar-refractivity contribution in [1.29, 1.82) is 0 Å². The Morgan fingerprint density at radius 2 is 1.62 bits per heavy atom. The quantitative estimate of drug-likeness (QED) is 0.531. The van der Waals surface area contributed by atoms with Gasteiger partial charge in [-0.15, -0.1) is 0 Å². The molecule has 0 spiro atoms. The van der Waals surface area contributed by atoms with Crippen molar-refractivity contribution in [3.05, 3.63) is 28.2 Å². The minimum atomic E-state index is -2.18. The minimum absolute atomic E-state index is 0.0878. The highest BCUT2D eigenvalue weighted by molar-refractivity contribution is 9.10. The van der Waals surface area contributed by atoms with Crippen LogP contribution < -0.4 is 5.19 Å². The van der Waals surface area contributed by atoms with E-state index in [1.165, 1.54) is 12.1 Å². The maximum atomic E-state index is 14.0. The van der Waals surface area contributed by atoms with E-state index in [2.05, 4.69) is 15.9 Å². The molecule has 4 heteroatoms. The topological polar surface area (TPSA) is 0 Å². The van der Waals surface area contributed by atoms with E-state index in [9.17, 15) is 8.78 Å². The summed E-state index contributed by atoms with van der Waals surface area (Å²) in [6, 6.07) is 2.75. The fourth-order valence-electron chi connectivity index (χ4n) is 1.47. The molecule has 0 saturated heterocycles. The maximum absolute atomic E-state index is 14.0. The zero-order valence-electron chi connectivity index (χ0n) is 10.3. The zero-order valence-corrected chi connectivity index (χ0v) is 12.9. The molecule has 0 N–H and O–H groups in total. The van der Waals surface area contributed by atoms with Crippen molar-refractivity contribution in [1.82, 2.24) is 0 Å². The Kier molecular flexibility index (Phi) is 3.65. The fraction of sp³-hybridized carbons (Fsp3) is 0.500. The predicted molar refractivity (Wildman–Crippen MR) is 70.9 cm³/mol. The lowest BCUT2D eigenvalue weighted by Gasteiger charge is -2.37. The molecule has 0 aliphatic carbocycles. The summed E-state index contributed by atoms with van der Waals surface area (Å²) in [5, 5.41) is 0.199. The summed E-state index contributed by atoms with van der Waals surface area (Å²) in [5.41, 5.74) is 0. The summed E-state index contributed by atoms with van der Waals surface area (Å²) >= 11 is 3.12. The van der Waals surface area contributed by atoms with E-state index >= 15 is 0 Å². The van der Waals surface area contributed by atoms with Crippen LogP contribution >= 0.6 is 15.9 Å². The van der Waals surface area contributed by atoms with Crippen molar-refractivity contribution in [2.75, 3.05) is 0 Å². The molecule has 0 fully saturated rings. The highest BCUT2D eigenvalue weighted by Crippen LogP contribution is 2.37. The monoisotopic (exact) mass is 306 g/mol. The van der Waals surface area contributed by atoms with E-state index in [-0.39, 0.29) is 10.2 Å². The summed E-state index contributed by atoms with van der Waals surface area (Å²) in [5.74, 6) is -0.862. The molecule has 0 bridgehead atoms. The standard InChI is InChI=1S/C12H17BrF2Si/c1-12(2,3)16(4,5)11-9(14)7-6-8(13)10(11)15/h6-7H,1-5H3. The predicted octanol–water partition coefficient (Wildman–Crippen LogP) is 4.44. The van der Waals surface area contributed by atoms with Crippen LogP contribution in [0.2, 0.25) is 18.1 Å². The Labute approximate surface area is 105 Å². The first-order chi connectivity index (χ1) is 7.09. The molecular weight excluding hydrogens is 290 g/mol. The lowest BCUT2D eigenvalue weighted by atomic mass is 10.2. The summed E-state index contributed by atoms with van der Waals surface area (Å²) in [7, 11) is -2.18. The van der Waals surface area contributed by atoms with Gasteiger partial charge >= 0.3 is 0 Å². The minimum Gasteiger partial charge on any atom is -0.207 e. The van der Waals surface area contributed by atoms with Gasteiger partial charge in [0.15, 0.2) is 0 Å². The van der Waals surface area contributed by atoms with E-state index in [1.54, 1.807) is 0 Å². The van der Waals surface area contributed by atoms with Crippen LogP contribution in [0.1, 0.15) is 20.8 Å². The average Bonchev–Trinajstić information content (AvgIpc) is 2.10. The molecule has 0 unspecified atom stereocenters. The summed E-state index contributed by atoms with van der Waals surface area (Å²) in [4.78, 5) is 0. The first kappa shape index (κ1) is 13.8. The van der Waals surface area contributed by atoms with Gasteiger partial charge in [0, 0.05) is 5.19 Å². The smallest absolute Gasteiger partial charge is 0.139 e. The van der Waals surface area contributed by atoms with E-state index in [1.807, 2.05) is 33.9 Å². The van der Waals surface area contributed by atoms with Crippen molar-refractivity contribution >= 4 is 29.2 Å². The maximum Gasteiger partial charge on any atom is 0.139 e. The van der Waals surface area contributed by atoms with Crippen molar-refractivity contribution in [2.45, 2.75) is 38.9 Å². The van der Waals surface area contributed by atoms with Gasteiger partial charge in [-0.05, 0) is 33.1 Å². The number of hydrogen-bond acceptors (Lipinski definition) is 0.